The quantitative estimate of drug-likeness (QED) is 0.0830. The predicted octanol–water partition coefficient (Wildman–Crippen LogP) is 8.10. The molecule has 0 aliphatic rings. The van der Waals surface area contributed by atoms with Crippen LogP contribution in [0.1, 0.15) is 48.4 Å². The van der Waals surface area contributed by atoms with Gasteiger partial charge in [0.05, 0.1) is 19.3 Å². The largest absolute Gasteiger partial charge is 0.466 e. The summed E-state index contributed by atoms with van der Waals surface area (Å²) >= 11 is 0. The van der Waals surface area contributed by atoms with Crippen molar-refractivity contribution in [3.63, 3.8) is 0 Å². The van der Waals surface area contributed by atoms with Crippen LogP contribution in [-0.2, 0) is 26.3 Å². The Bertz CT molecular complexity index is 1460. The van der Waals surface area contributed by atoms with Crippen molar-refractivity contribution < 1.29 is 19.4 Å². The number of benzene rings is 5. The Labute approximate surface area is 254 Å². The zero-order chi connectivity index (χ0) is 29.9. The molecular weight excluding hydrogens is 532 g/mol. The van der Waals surface area contributed by atoms with Gasteiger partial charge < -0.3 is 14.6 Å². The summed E-state index contributed by atoms with van der Waals surface area (Å²) in [6.07, 6.45) is 2.18. The first-order chi connectivity index (χ1) is 21.1. The van der Waals surface area contributed by atoms with Crippen LogP contribution < -0.4 is 0 Å². The summed E-state index contributed by atoms with van der Waals surface area (Å²) in [5.41, 5.74) is 3.15. The van der Waals surface area contributed by atoms with Crippen LogP contribution >= 0.6 is 0 Å². The lowest BCUT2D eigenvalue weighted by Gasteiger charge is -2.37. The van der Waals surface area contributed by atoms with Crippen molar-refractivity contribution in [2.75, 3.05) is 13.2 Å². The summed E-state index contributed by atoms with van der Waals surface area (Å²) in [7, 11) is 0. The van der Waals surface area contributed by atoms with Crippen LogP contribution in [0, 0.1) is 5.92 Å². The van der Waals surface area contributed by atoms with Gasteiger partial charge in [-0.2, -0.15) is 0 Å². The standard InChI is InChI=1S/C39H40O4/c1-2-42-38(41)36(37(40)28-15-13-18-31-20-16-19-30-17-12-14-27-35(30)31)29-43-39(32-21-6-3-7-22-32,33-23-8-4-9-24-33)34-25-10-5-11-26-34/h3-12,14,16-17,19-27,36-37,40H,2,13,15,18,28-29H2,1H3/t36-,37-/m0/s1. The number of aliphatic hydroxyl groups excluding tert-OH is 1. The first-order valence-corrected chi connectivity index (χ1v) is 15.3. The first-order valence-electron chi connectivity index (χ1n) is 15.3. The molecule has 0 unspecified atom stereocenters. The van der Waals surface area contributed by atoms with Gasteiger partial charge in [0.1, 0.15) is 11.5 Å². The third kappa shape index (κ3) is 7.05. The van der Waals surface area contributed by atoms with E-state index in [4.69, 9.17) is 9.47 Å². The van der Waals surface area contributed by atoms with Gasteiger partial charge in [0, 0.05) is 0 Å². The van der Waals surface area contributed by atoms with Crippen LogP contribution in [0.2, 0.25) is 0 Å². The minimum atomic E-state index is -0.984. The number of fused-ring (bicyclic) bond motifs is 1. The summed E-state index contributed by atoms with van der Waals surface area (Å²) in [5, 5.41) is 13.9. The molecule has 0 bridgehead atoms. The molecule has 0 aliphatic heterocycles. The zero-order valence-electron chi connectivity index (χ0n) is 24.8. The summed E-state index contributed by atoms with van der Waals surface area (Å²) < 4.78 is 12.4. The van der Waals surface area contributed by atoms with Crippen LogP contribution in [0.3, 0.4) is 0 Å². The fourth-order valence-corrected chi connectivity index (χ4v) is 5.95. The minimum Gasteiger partial charge on any atom is -0.466 e. The molecule has 4 nitrogen and oxygen atoms in total. The molecule has 5 aromatic carbocycles. The lowest BCUT2D eigenvalue weighted by Crippen LogP contribution is -2.40. The average molecular weight is 573 g/mol. The molecule has 43 heavy (non-hydrogen) atoms. The monoisotopic (exact) mass is 572 g/mol. The van der Waals surface area contributed by atoms with Gasteiger partial charge in [-0.05, 0) is 59.2 Å². The Kier molecular flexibility index (Phi) is 10.4. The number of carbonyl (C=O) groups is 1. The fourth-order valence-electron chi connectivity index (χ4n) is 5.95. The molecule has 5 rings (SSSR count). The number of aryl methyl sites for hydroxylation is 1. The van der Waals surface area contributed by atoms with Crippen molar-refractivity contribution in [3.8, 4) is 0 Å². The molecule has 0 spiro atoms. The zero-order valence-corrected chi connectivity index (χ0v) is 24.8. The molecule has 0 heterocycles. The van der Waals surface area contributed by atoms with Gasteiger partial charge in [-0.3, -0.25) is 4.79 Å². The van der Waals surface area contributed by atoms with Gasteiger partial charge in [0.2, 0.25) is 0 Å². The number of unbranched alkanes of at least 4 members (excludes halogenated alkanes) is 1. The first kappa shape index (κ1) is 30.2. The number of hydrogen-bond donors (Lipinski definition) is 1. The van der Waals surface area contributed by atoms with Crippen molar-refractivity contribution in [3.05, 3.63) is 156 Å². The van der Waals surface area contributed by atoms with E-state index in [9.17, 15) is 9.90 Å². The van der Waals surface area contributed by atoms with E-state index in [0.29, 0.717) is 6.42 Å². The van der Waals surface area contributed by atoms with E-state index >= 15 is 0 Å². The molecule has 0 amide bonds. The molecule has 0 radical (unpaired) electrons. The highest BCUT2D eigenvalue weighted by Gasteiger charge is 2.40. The van der Waals surface area contributed by atoms with Crippen molar-refractivity contribution >= 4 is 16.7 Å². The highest BCUT2D eigenvalue weighted by molar-refractivity contribution is 5.85. The number of carbonyl (C=O) groups excluding carboxylic acids is 1. The molecule has 0 fully saturated rings. The second-order valence-corrected chi connectivity index (χ2v) is 10.9. The van der Waals surface area contributed by atoms with Gasteiger partial charge in [-0.25, -0.2) is 0 Å². The molecule has 220 valence electrons. The van der Waals surface area contributed by atoms with Gasteiger partial charge in [0.15, 0.2) is 0 Å². The Morgan fingerprint density at radius 2 is 1.23 bits per heavy atom. The summed E-state index contributed by atoms with van der Waals surface area (Å²) in [6.45, 7) is 2.03. The predicted molar refractivity (Wildman–Crippen MR) is 173 cm³/mol. The molecule has 5 aromatic rings. The molecule has 0 aromatic heterocycles. The van der Waals surface area contributed by atoms with E-state index in [1.165, 1.54) is 16.3 Å². The Balaban J connectivity index is 1.37. The van der Waals surface area contributed by atoms with E-state index in [2.05, 4.69) is 42.5 Å². The highest BCUT2D eigenvalue weighted by Crippen LogP contribution is 2.41. The van der Waals surface area contributed by atoms with Gasteiger partial charge >= 0.3 is 5.97 Å². The van der Waals surface area contributed by atoms with E-state index in [1.807, 2.05) is 91.0 Å². The van der Waals surface area contributed by atoms with Crippen LogP contribution in [0.15, 0.2) is 133 Å². The van der Waals surface area contributed by atoms with E-state index < -0.39 is 23.6 Å². The number of rotatable bonds is 14. The van der Waals surface area contributed by atoms with E-state index in [1.54, 1.807) is 6.92 Å². The van der Waals surface area contributed by atoms with Crippen molar-refractivity contribution in [1.82, 2.24) is 0 Å². The normalized spacial score (nSPS) is 13.0. The highest BCUT2D eigenvalue weighted by atomic mass is 16.5. The summed E-state index contributed by atoms with van der Waals surface area (Å²) in [4.78, 5) is 13.2. The van der Waals surface area contributed by atoms with Gasteiger partial charge in [-0.15, -0.1) is 0 Å². The number of esters is 1. The van der Waals surface area contributed by atoms with Crippen molar-refractivity contribution in [1.29, 1.82) is 0 Å². The molecule has 0 aliphatic carbocycles. The third-order valence-electron chi connectivity index (χ3n) is 8.15. The lowest BCUT2D eigenvalue weighted by atomic mass is 9.80. The molecule has 4 heteroatoms. The number of ether oxygens (including phenoxy) is 2. The number of hydrogen-bond acceptors (Lipinski definition) is 4. The molecule has 0 saturated heterocycles. The Hall–Kier alpha value is -4.25. The second-order valence-electron chi connectivity index (χ2n) is 10.9. The van der Waals surface area contributed by atoms with Crippen LogP contribution in [0.5, 0.6) is 0 Å². The summed E-state index contributed by atoms with van der Waals surface area (Å²) in [6, 6.07) is 45.0. The maximum Gasteiger partial charge on any atom is 0.313 e. The minimum absolute atomic E-state index is 0.00199. The van der Waals surface area contributed by atoms with Crippen molar-refractivity contribution in [2.45, 2.75) is 44.3 Å². The maximum absolute atomic E-state index is 13.2. The Morgan fingerprint density at radius 3 is 1.81 bits per heavy atom. The topological polar surface area (TPSA) is 55.8 Å². The maximum atomic E-state index is 13.2. The second kappa shape index (κ2) is 14.8. The van der Waals surface area contributed by atoms with Crippen LogP contribution in [-0.4, -0.2) is 30.4 Å². The molecular formula is C39H40O4. The van der Waals surface area contributed by atoms with Crippen molar-refractivity contribution in [2.24, 2.45) is 5.92 Å². The lowest BCUT2D eigenvalue weighted by molar-refractivity contribution is -0.157. The molecule has 1 N–H and O–H groups in total. The van der Waals surface area contributed by atoms with E-state index in [0.717, 1.165) is 36.0 Å². The van der Waals surface area contributed by atoms with Gasteiger partial charge in [-0.1, -0.05) is 140 Å². The smallest absolute Gasteiger partial charge is 0.313 e. The van der Waals surface area contributed by atoms with Gasteiger partial charge in [0.25, 0.3) is 0 Å². The third-order valence-corrected chi connectivity index (χ3v) is 8.15. The van der Waals surface area contributed by atoms with Crippen LogP contribution in [0.4, 0.5) is 0 Å². The molecule has 0 saturated carbocycles. The SMILES string of the molecule is CCOC(=O)[C@@H](COC(c1ccccc1)(c1ccccc1)c1ccccc1)[C@@H](O)CCCCc1cccc2ccccc12. The molecule has 2 atom stereocenters. The fraction of sp³-hybridized carbons (Fsp3) is 0.256. The average Bonchev–Trinajstić information content (AvgIpc) is 3.06. The van der Waals surface area contributed by atoms with E-state index in [-0.39, 0.29) is 13.2 Å². The Morgan fingerprint density at radius 1 is 0.698 bits per heavy atom. The summed E-state index contributed by atoms with van der Waals surface area (Å²) in [5.74, 6) is -1.26. The number of aliphatic hydroxyl groups is 1. The van der Waals surface area contributed by atoms with Crippen LogP contribution in [0.25, 0.3) is 10.8 Å².